The van der Waals surface area contributed by atoms with Crippen LogP contribution < -0.4 is 5.56 Å². The normalized spacial score (nSPS) is 11.9. The van der Waals surface area contributed by atoms with Crippen LogP contribution >= 0.6 is 0 Å². The number of nitrogens with zero attached hydrogens (tertiary/aromatic N) is 2. The van der Waals surface area contributed by atoms with Crippen molar-refractivity contribution in [3.05, 3.63) is 70.5 Å². The van der Waals surface area contributed by atoms with E-state index in [-0.39, 0.29) is 16.2 Å². The molecule has 7 nitrogen and oxygen atoms in total. The molecule has 1 heterocycles. The fourth-order valence-corrected chi connectivity index (χ4v) is 3.81. The van der Waals surface area contributed by atoms with Gasteiger partial charge in [-0.3, -0.25) is 4.79 Å². The maximum atomic E-state index is 13.0. The Morgan fingerprint density at radius 2 is 1.69 bits per heavy atom. The minimum Gasteiger partial charge on any atom is -0.504 e. The van der Waals surface area contributed by atoms with Crippen molar-refractivity contribution in [2.24, 2.45) is 7.05 Å². The molecule has 26 heavy (non-hydrogen) atoms. The van der Waals surface area contributed by atoms with E-state index in [0.29, 0.717) is 5.56 Å². The van der Waals surface area contributed by atoms with Crippen molar-refractivity contribution in [2.75, 3.05) is 0 Å². The number of rotatable bonds is 4. The first kappa shape index (κ1) is 17.6. The smallest absolute Gasteiger partial charge is 0.336 e. The van der Waals surface area contributed by atoms with Gasteiger partial charge in [-0.15, -0.1) is 0 Å². The fourth-order valence-electron chi connectivity index (χ4n) is 2.47. The number of carboxylic acid groups (broad SMARTS) is 1. The molecule has 1 unspecified atom stereocenters. The van der Waals surface area contributed by atoms with E-state index in [1.807, 2.05) is 0 Å². The van der Waals surface area contributed by atoms with Crippen LogP contribution in [-0.2, 0) is 17.8 Å². The van der Waals surface area contributed by atoms with Crippen LogP contribution in [0.5, 0.6) is 5.75 Å². The van der Waals surface area contributed by atoms with Gasteiger partial charge < -0.3 is 10.2 Å². The summed E-state index contributed by atoms with van der Waals surface area (Å²) >= 11 is 0. The number of aryl methyl sites for hydroxylation is 1. The molecule has 0 fully saturated rings. The maximum absolute atomic E-state index is 13.0. The molecule has 0 saturated heterocycles. The van der Waals surface area contributed by atoms with Gasteiger partial charge in [0.2, 0.25) is 0 Å². The Bertz CT molecular complexity index is 1080. The van der Waals surface area contributed by atoms with Crippen LogP contribution in [-0.4, -0.2) is 30.2 Å². The average Bonchev–Trinajstić information content (AvgIpc) is 2.65. The summed E-state index contributed by atoms with van der Waals surface area (Å²) in [5, 5.41) is 23.9. The molecule has 132 valence electrons. The number of hydrogen-bond acceptors (Lipinski definition) is 5. The molecule has 0 aliphatic heterocycles. The van der Waals surface area contributed by atoms with Gasteiger partial charge in [-0.2, -0.15) is 5.10 Å². The molecule has 0 amide bonds. The van der Waals surface area contributed by atoms with Gasteiger partial charge in [0.15, 0.2) is 10.6 Å². The summed E-state index contributed by atoms with van der Waals surface area (Å²) in [6.45, 7) is 0. The van der Waals surface area contributed by atoms with E-state index in [0.717, 1.165) is 4.68 Å². The van der Waals surface area contributed by atoms with Crippen LogP contribution in [0.15, 0.2) is 69.2 Å². The summed E-state index contributed by atoms with van der Waals surface area (Å²) in [5.74, 6) is -1.81. The van der Waals surface area contributed by atoms with Crippen molar-refractivity contribution in [3.8, 4) is 17.0 Å². The Hall–Kier alpha value is -3.26. The lowest BCUT2D eigenvalue weighted by Gasteiger charge is -2.12. The quantitative estimate of drug-likeness (QED) is 0.727. The molecule has 0 radical (unpaired) electrons. The number of aromatic hydroxyl groups is 1. The van der Waals surface area contributed by atoms with Crippen LogP contribution in [0.3, 0.4) is 0 Å². The van der Waals surface area contributed by atoms with Gasteiger partial charge in [0.05, 0.1) is 21.3 Å². The van der Waals surface area contributed by atoms with Crippen molar-refractivity contribution < 1.29 is 19.2 Å². The summed E-state index contributed by atoms with van der Waals surface area (Å²) in [6, 6.07) is 14.3. The molecule has 8 heteroatoms. The van der Waals surface area contributed by atoms with Gasteiger partial charge >= 0.3 is 5.97 Å². The summed E-state index contributed by atoms with van der Waals surface area (Å²) in [6.07, 6.45) is 0. The lowest BCUT2D eigenvalue weighted by atomic mass is 10.1. The van der Waals surface area contributed by atoms with Gasteiger partial charge in [-0.05, 0) is 12.1 Å². The SMILES string of the molecule is Cn1nc(-c2ccccc2)c(O)c(S(=O)c2ccccc2C(=O)O)c1=O. The summed E-state index contributed by atoms with van der Waals surface area (Å²) in [4.78, 5) is 23.4. The zero-order valence-electron chi connectivity index (χ0n) is 13.6. The first-order valence-corrected chi connectivity index (χ1v) is 8.66. The maximum Gasteiger partial charge on any atom is 0.336 e. The van der Waals surface area contributed by atoms with Crippen LogP contribution in [0.2, 0.25) is 0 Å². The monoisotopic (exact) mass is 370 g/mol. The first-order valence-electron chi connectivity index (χ1n) is 7.51. The molecule has 0 saturated carbocycles. The molecular weight excluding hydrogens is 356 g/mol. The second-order valence-electron chi connectivity index (χ2n) is 5.39. The van der Waals surface area contributed by atoms with E-state index in [4.69, 9.17) is 0 Å². The van der Waals surface area contributed by atoms with Gasteiger partial charge in [0.25, 0.3) is 5.56 Å². The van der Waals surface area contributed by atoms with Crippen molar-refractivity contribution in [1.82, 2.24) is 9.78 Å². The van der Waals surface area contributed by atoms with Crippen molar-refractivity contribution in [3.63, 3.8) is 0 Å². The highest BCUT2D eigenvalue weighted by Gasteiger charge is 2.25. The molecule has 2 aromatic carbocycles. The minimum atomic E-state index is -2.20. The highest BCUT2D eigenvalue weighted by molar-refractivity contribution is 7.85. The lowest BCUT2D eigenvalue weighted by molar-refractivity contribution is 0.0693. The number of hydrogen-bond donors (Lipinski definition) is 2. The predicted molar refractivity (Wildman–Crippen MR) is 94.7 cm³/mol. The summed E-state index contributed by atoms with van der Waals surface area (Å²) in [7, 11) is -0.828. The predicted octanol–water partition coefficient (Wildman–Crippen LogP) is 2.02. The highest BCUT2D eigenvalue weighted by atomic mass is 32.2. The van der Waals surface area contributed by atoms with E-state index >= 15 is 0 Å². The molecule has 0 aliphatic rings. The zero-order valence-corrected chi connectivity index (χ0v) is 14.4. The topological polar surface area (TPSA) is 109 Å². The Labute approximate surface area is 150 Å². The molecule has 0 aliphatic carbocycles. The second-order valence-corrected chi connectivity index (χ2v) is 6.78. The first-order chi connectivity index (χ1) is 12.4. The van der Waals surface area contributed by atoms with Gasteiger partial charge in [0.1, 0.15) is 5.69 Å². The van der Waals surface area contributed by atoms with Crippen LogP contribution in [0.25, 0.3) is 11.3 Å². The molecule has 2 N–H and O–H groups in total. The Morgan fingerprint density at radius 3 is 2.35 bits per heavy atom. The van der Waals surface area contributed by atoms with Crippen molar-refractivity contribution in [1.29, 1.82) is 0 Å². The number of benzene rings is 2. The van der Waals surface area contributed by atoms with Gasteiger partial charge in [-0.1, -0.05) is 42.5 Å². The molecule has 1 atom stereocenters. The average molecular weight is 370 g/mol. The Morgan fingerprint density at radius 1 is 1.08 bits per heavy atom. The number of carboxylic acids is 1. The Kier molecular flexibility index (Phi) is 4.68. The second kappa shape index (κ2) is 6.93. The third-order valence-corrected chi connectivity index (χ3v) is 5.22. The van der Waals surface area contributed by atoms with E-state index in [1.54, 1.807) is 30.3 Å². The van der Waals surface area contributed by atoms with E-state index in [1.165, 1.54) is 31.3 Å². The number of carbonyl (C=O) groups is 1. The third-order valence-electron chi connectivity index (χ3n) is 3.73. The van der Waals surface area contributed by atoms with Crippen LogP contribution in [0, 0.1) is 0 Å². The van der Waals surface area contributed by atoms with Gasteiger partial charge in [-0.25, -0.2) is 13.7 Å². The molecule has 1 aromatic heterocycles. The third kappa shape index (κ3) is 3.02. The van der Waals surface area contributed by atoms with Crippen molar-refractivity contribution >= 4 is 16.8 Å². The minimum absolute atomic E-state index is 0.0717. The fraction of sp³-hybridized carbons (Fsp3) is 0.0556. The van der Waals surface area contributed by atoms with E-state index in [2.05, 4.69) is 5.10 Å². The largest absolute Gasteiger partial charge is 0.504 e. The lowest BCUT2D eigenvalue weighted by Crippen LogP contribution is -2.25. The van der Waals surface area contributed by atoms with Crippen LogP contribution in [0.1, 0.15) is 10.4 Å². The Balaban J connectivity index is 2.26. The van der Waals surface area contributed by atoms with Crippen molar-refractivity contribution in [2.45, 2.75) is 9.79 Å². The van der Waals surface area contributed by atoms with Gasteiger partial charge in [0, 0.05) is 12.6 Å². The molecule has 3 aromatic rings. The molecule has 0 bridgehead atoms. The molecule has 0 spiro atoms. The molecular formula is C18H14N2O5S. The zero-order chi connectivity index (χ0) is 18.8. The number of aromatic nitrogens is 2. The summed E-state index contributed by atoms with van der Waals surface area (Å²) < 4.78 is 14.0. The number of aromatic carboxylic acids is 1. The van der Waals surface area contributed by atoms with Crippen LogP contribution in [0.4, 0.5) is 0 Å². The van der Waals surface area contributed by atoms with E-state index in [9.17, 15) is 24.0 Å². The standard InChI is InChI=1S/C18H14N2O5S/c1-20-17(22)16(15(21)14(19-20)11-7-3-2-4-8-11)26(25)13-10-6-5-9-12(13)18(23)24/h2-10,21H,1H3,(H,23,24). The van der Waals surface area contributed by atoms with E-state index < -0.39 is 33.0 Å². The summed E-state index contributed by atoms with van der Waals surface area (Å²) in [5.41, 5.74) is -0.347. The highest BCUT2D eigenvalue weighted by Crippen LogP contribution is 2.32. The molecule has 3 rings (SSSR count).